The van der Waals surface area contributed by atoms with Crippen molar-refractivity contribution in [3.63, 3.8) is 0 Å². The first kappa shape index (κ1) is 15.9. The lowest BCUT2D eigenvalue weighted by Gasteiger charge is -2.20. The van der Waals surface area contributed by atoms with Crippen LogP contribution in [0.1, 0.15) is 25.8 Å². The lowest BCUT2D eigenvalue weighted by molar-refractivity contribution is -0.385. The summed E-state index contributed by atoms with van der Waals surface area (Å²) in [5.41, 5.74) is 10.4. The monoisotopic (exact) mass is 281 g/mol. The molecule has 0 aromatic heterocycles. The van der Waals surface area contributed by atoms with Crippen molar-refractivity contribution in [2.24, 2.45) is 11.5 Å². The highest BCUT2D eigenvalue weighted by molar-refractivity contribution is 5.83. The van der Waals surface area contributed by atoms with E-state index in [2.05, 4.69) is 0 Å². The number of primary amides is 1. The Labute approximate surface area is 117 Å². The van der Waals surface area contributed by atoms with Crippen LogP contribution in [0, 0.1) is 10.1 Å². The fourth-order valence-electron chi connectivity index (χ4n) is 1.54. The first-order valence-electron chi connectivity index (χ1n) is 6.27. The molecular weight excluding hydrogens is 262 g/mol. The zero-order valence-electron chi connectivity index (χ0n) is 11.6. The number of ether oxygens (including phenoxy) is 1. The van der Waals surface area contributed by atoms with Gasteiger partial charge >= 0.3 is 5.69 Å². The molecule has 1 aromatic carbocycles. The molecule has 0 bridgehead atoms. The average molecular weight is 281 g/mol. The minimum Gasteiger partial charge on any atom is -0.487 e. The third-order valence-electron chi connectivity index (χ3n) is 3.07. The number of carbonyl (C=O) groups excluding carboxylic acids is 1. The highest BCUT2D eigenvalue weighted by Gasteiger charge is 2.26. The van der Waals surface area contributed by atoms with Crippen molar-refractivity contribution < 1.29 is 14.5 Å². The van der Waals surface area contributed by atoms with Crippen LogP contribution in [0.25, 0.3) is 0 Å². The van der Waals surface area contributed by atoms with E-state index in [1.54, 1.807) is 12.1 Å². The van der Waals surface area contributed by atoms with Crippen LogP contribution in [0.15, 0.2) is 18.2 Å². The summed E-state index contributed by atoms with van der Waals surface area (Å²) in [6.07, 6.45) is 0.874. The maximum absolute atomic E-state index is 11.1. The van der Waals surface area contributed by atoms with Crippen LogP contribution in [0.5, 0.6) is 5.75 Å². The second-order valence-corrected chi connectivity index (χ2v) is 4.79. The van der Waals surface area contributed by atoms with Crippen molar-refractivity contribution in [1.29, 1.82) is 0 Å². The van der Waals surface area contributed by atoms with Crippen molar-refractivity contribution in [2.75, 3.05) is 6.61 Å². The Morgan fingerprint density at radius 1 is 1.50 bits per heavy atom. The first-order chi connectivity index (χ1) is 9.27. The zero-order chi connectivity index (χ0) is 15.3. The molecule has 1 rings (SSSR count). The van der Waals surface area contributed by atoms with Gasteiger partial charge in [0, 0.05) is 12.5 Å². The average Bonchev–Trinajstić information content (AvgIpc) is 2.38. The second kappa shape index (κ2) is 6.33. The predicted octanol–water partition coefficient (Wildman–Crippen LogP) is 1.13. The van der Waals surface area contributed by atoms with Gasteiger partial charge in [-0.25, -0.2) is 0 Å². The Balaban J connectivity index is 2.78. The summed E-state index contributed by atoms with van der Waals surface area (Å²) in [6, 6.07) is 4.79. The van der Waals surface area contributed by atoms with E-state index >= 15 is 0 Å². The van der Waals surface area contributed by atoms with Crippen LogP contribution in [-0.4, -0.2) is 23.0 Å². The minimum absolute atomic E-state index is 0.0717. The van der Waals surface area contributed by atoms with E-state index in [1.807, 2.05) is 6.92 Å². The van der Waals surface area contributed by atoms with E-state index in [1.165, 1.54) is 13.0 Å². The fraction of sp³-hybridized carbons (Fsp3) is 0.462. The van der Waals surface area contributed by atoms with Crippen LogP contribution in [0.3, 0.4) is 0 Å². The summed E-state index contributed by atoms with van der Waals surface area (Å²) in [4.78, 5) is 21.5. The number of hydrogen-bond acceptors (Lipinski definition) is 5. The molecule has 0 heterocycles. The van der Waals surface area contributed by atoms with E-state index < -0.39 is 16.4 Å². The molecule has 0 saturated heterocycles. The Bertz CT molecular complexity index is 514. The van der Waals surface area contributed by atoms with Crippen molar-refractivity contribution in [3.05, 3.63) is 33.9 Å². The molecule has 0 radical (unpaired) electrons. The Morgan fingerprint density at radius 2 is 2.15 bits per heavy atom. The number of nitro groups is 1. The van der Waals surface area contributed by atoms with Gasteiger partial charge in [0.05, 0.1) is 17.1 Å². The summed E-state index contributed by atoms with van der Waals surface area (Å²) < 4.78 is 5.35. The van der Waals surface area contributed by atoms with E-state index in [-0.39, 0.29) is 24.5 Å². The van der Waals surface area contributed by atoms with Crippen LogP contribution >= 0.6 is 0 Å². The summed E-state index contributed by atoms with van der Waals surface area (Å²) in [5, 5.41) is 11.0. The predicted molar refractivity (Wildman–Crippen MR) is 74.4 cm³/mol. The number of nitrogens with two attached hydrogens (primary N) is 2. The van der Waals surface area contributed by atoms with Gasteiger partial charge in [-0.15, -0.1) is 0 Å². The van der Waals surface area contributed by atoms with Gasteiger partial charge in [-0.1, -0.05) is 13.0 Å². The van der Waals surface area contributed by atoms with Gasteiger partial charge < -0.3 is 16.2 Å². The summed E-state index contributed by atoms with van der Waals surface area (Å²) in [7, 11) is 0. The van der Waals surface area contributed by atoms with Crippen molar-refractivity contribution in [1.82, 2.24) is 0 Å². The number of amides is 1. The Kier molecular flexibility index (Phi) is 5.04. The Hall–Kier alpha value is -2.15. The third kappa shape index (κ3) is 3.92. The number of nitro benzene ring substituents is 1. The topological polar surface area (TPSA) is 121 Å². The third-order valence-corrected chi connectivity index (χ3v) is 3.07. The van der Waals surface area contributed by atoms with Crippen LogP contribution < -0.4 is 16.2 Å². The van der Waals surface area contributed by atoms with Gasteiger partial charge in [0.15, 0.2) is 5.75 Å². The van der Waals surface area contributed by atoms with E-state index in [0.717, 1.165) is 5.56 Å². The van der Waals surface area contributed by atoms with Crippen molar-refractivity contribution in [2.45, 2.75) is 32.2 Å². The molecular formula is C13H19N3O4. The largest absolute Gasteiger partial charge is 0.487 e. The van der Waals surface area contributed by atoms with Gasteiger partial charge in [0.2, 0.25) is 5.91 Å². The van der Waals surface area contributed by atoms with Gasteiger partial charge in [0.25, 0.3) is 0 Å². The van der Waals surface area contributed by atoms with Crippen LogP contribution in [0.4, 0.5) is 5.69 Å². The zero-order valence-corrected chi connectivity index (χ0v) is 11.6. The van der Waals surface area contributed by atoms with Crippen molar-refractivity contribution in [3.8, 4) is 5.75 Å². The molecule has 0 fully saturated rings. The molecule has 7 nitrogen and oxygen atoms in total. The number of benzene rings is 1. The number of rotatable bonds is 7. The number of aryl methyl sites for hydroxylation is 1. The summed E-state index contributed by atoms with van der Waals surface area (Å²) in [5.74, 6) is -0.482. The molecule has 1 atom stereocenters. The first-order valence-corrected chi connectivity index (χ1v) is 6.27. The highest BCUT2D eigenvalue weighted by Crippen LogP contribution is 2.28. The summed E-state index contributed by atoms with van der Waals surface area (Å²) >= 11 is 0. The molecule has 4 N–H and O–H groups in total. The minimum atomic E-state index is -1.20. The number of nitrogens with zero attached hydrogens (tertiary/aromatic N) is 1. The van der Waals surface area contributed by atoms with E-state index in [9.17, 15) is 14.9 Å². The van der Waals surface area contributed by atoms with Crippen molar-refractivity contribution >= 4 is 11.6 Å². The molecule has 0 aliphatic carbocycles. The molecule has 110 valence electrons. The summed E-state index contributed by atoms with van der Waals surface area (Å²) in [6.45, 7) is 3.47. The highest BCUT2D eigenvalue weighted by atomic mass is 16.6. The number of hydrogen-bond donors (Lipinski definition) is 2. The quantitative estimate of drug-likeness (QED) is 0.573. The molecule has 0 aliphatic heterocycles. The van der Waals surface area contributed by atoms with Gasteiger partial charge in [-0.05, 0) is 25.0 Å². The molecule has 20 heavy (non-hydrogen) atoms. The van der Waals surface area contributed by atoms with Crippen LogP contribution in [0.2, 0.25) is 0 Å². The SMILES string of the molecule is CCc1ccc(OCCC(C)(N)C(N)=O)c([N+](=O)[O-])c1. The van der Waals surface area contributed by atoms with E-state index in [0.29, 0.717) is 6.42 Å². The molecule has 0 saturated carbocycles. The van der Waals surface area contributed by atoms with Gasteiger partial charge in [-0.2, -0.15) is 0 Å². The maximum Gasteiger partial charge on any atom is 0.311 e. The van der Waals surface area contributed by atoms with E-state index in [4.69, 9.17) is 16.2 Å². The van der Waals surface area contributed by atoms with Gasteiger partial charge in [-0.3, -0.25) is 14.9 Å². The maximum atomic E-state index is 11.1. The molecule has 0 aliphatic rings. The molecule has 1 unspecified atom stereocenters. The molecule has 1 amide bonds. The lowest BCUT2D eigenvalue weighted by Crippen LogP contribution is -2.50. The second-order valence-electron chi connectivity index (χ2n) is 4.79. The molecule has 7 heteroatoms. The lowest BCUT2D eigenvalue weighted by atomic mass is 9.99. The number of carbonyl (C=O) groups is 1. The normalized spacial score (nSPS) is 13.6. The smallest absolute Gasteiger partial charge is 0.311 e. The van der Waals surface area contributed by atoms with Gasteiger partial charge in [0.1, 0.15) is 0 Å². The van der Waals surface area contributed by atoms with Crippen LogP contribution in [-0.2, 0) is 11.2 Å². The Morgan fingerprint density at radius 3 is 2.65 bits per heavy atom. The molecule has 1 aromatic rings. The fourth-order valence-corrected chi connectivity index (χ4v) is 1.54. The molecule has 0 spiro atoms. The standard InChI is InChI=1S/C13H19N3O4/c1-3-9-4-5-11(10(8-9)16(18)19)20-7-6-13(2,15)12(14)17/h4-5,8H,3,6-7,15H2,1-2H3,(H2,14,17).